The molecule has 94 valence electrons. The highest BCUT2D eigenvalue weighted by molar-refractivity contribution is 7.14. The van der Waals surface area contributed by atoms with Gasteiger partial charge < -0.3 is 5.32 Å². The van der Waals surface area contributed by atoms with E-state index in [0.29, 0.717) is 0 Å². The summed E-state index contributed by atoms with van der Waals surface area (Å²) in [5.41, 5.74) is 1.44. The Hall–Kier alpha value is -0.830. The lowest BCUT2D eigenvalue weighted by Gasteiger charge is -2.14. The lowest BCUT2D eigenvalue weighted by Crippen LogP contribution is -2.28. The van der Waals surface area contributed by atoms with Crippen molar-refractivity contribution in [3.63, 3.8) is 0 Å². The van der Waals surface area contributed by atoms with Gasteiger partial charge in [0.25, 0.3) is 0 Å². The standard InChI is InChI=1S/C14H22N2S/c1-11(2)6-7-12-9-14(17-10-12)16-13-5-3-4-8-15-13/h9-11H,3-8H2,1-2H3,(H,15,16). The van der Waals surface area contributed by atoms with E-state index in [2.05, 4.69) is 35.6 Å². The zero-order valence-electron chi connectivity index (χ0n) is 10.8. The van der Waals surface area contributed by atoms with E-state index in [4.69, 9.17) is 0 Å². The molecular formula is C14H22N2S. The second kappa shape index (κ2) is 6.20. The maximum absolute atomic E-state index is 4.69. The number of rotatable bonds is 4. The molecule has 2 heterocycles. The molecule has 0 unspecified atom stereocenters. The zero-order valence-corrected chi connectivity index (χ0v) is 11.6. The van der Waals surface area contributed by atoms with E-state index in [1.165, 1.54) is 37.1 Å². The molecule has 0 spiro atoms. The Morgan fingerprint density at radius 2 is 2.29 bits per heavy atom. The largest absolute Gasteiger partial charge is 0.373 e. The van der Waals surface area contributed by atoms with Gasteiger partial charge in [-0.3, -0.25) is 0 Å². The molecule has 1 aliphatic rings. The van der Waals surface area contributed by atoms with Crippen LogP contribution in [0.5, 0.6) is 0 Å². The van der Waals surface area contributed by atoms with Crippen LogP contribution < -0.4 is 5.32 Å². The van der Waals surface area contributed by atoms with Gasteiger partial charge >= 0.3 is 0 Å². The van der Waals surface area contributed by atoms with Gasteiger partial charge in [-0.15, -0.1) is 11.3 Å². The number of aliphatic imine (C=N–C) groups is 1. The molecule has 0 radical (unpaired) electrons. The van der Waals surface area contributed by atoms with Crippen LogP contribution >= 0.6 is 11.3 Å². The Morgan fingerprint density at radius 1 is 1.41 bits per heavy atom. The van der Waals surface area contributed by atoms with Gasteiger partial charge in [-0.05, 0) is 48.6 Å². The van der Waals surface area contributed by atoms with Crippen molar-refractivity contribution in [2.75, 3.05) is 6.54 Å². The van der Waals surface area contributed by atoms with Crippen LogP contribution in [0.3, 0.4) is 0 Å². The number of amidine groups is 1. The molecule has 0 amide bonds. The molecule has 2 rings (SSSR count). The summed E-state index contributed by atoms with van der Waals surface area (Å²) in [6.45, 7) is 5.64. The monoisotopic (exact) mass is 250 g/mol. The molecule has 0 atom stereocenters. The molecule has 1 fully saturated rings. The van der Waals surface area contributed by atoms with Crippen LogP contribution in [0.1, 0.15) is 45.1 Å². The van der Waals surface area contributed by atoms with Gasteiger partial charge in [0.15, 0.2) is 0 Å². The van der Waals surface area contributed by atoms with E-state index in [1.807, 2.05) is 0 Å². The smallest absolute Gasteiger partial charge is 0.118 e. The molecule has 0 saturated carbocycles. The Kier molecular flexibility index (Phi) is 4.60. The second-order valence-electron chi connectivity index (χ2n) is 5.17. The number of aryl methyl sites for hydroxylation is 1. The molecule has 1 saturated heterocycles. The zero-order chi connectivity index (χ0) is 12.1. The fourth-order valence-corrected chi connectivity index (χ4v) is 2.82. The summed E-state index contributed by atoms with van der Waals surface area (Å²) in [7, 11) is 0. The van der Waals surface area contributed by atoms with E-state index in [1.54, 1.807) is 11.3 Å². The van der Waals surface area contributed by atoms with Crippen LogP contribution in [0, 0.1) is 5.92 Å². The summed E-state index contributed by atoms with van der Waals surface area (Å²) in [6.07, 6.45) is 6.12. The number of hydrogen-bond acceptors (Lipinski definition) is 2. The summed E-state index contributed by atoms with van der Waals surface area (Å²) in [5.74, 6) is 1.96. The van der Waals surface area contributed by atoms with E-state index in [-0.39, 0.29) is 0 Å². The molecule has 1 N–H and O–H groups in total. The average Bonchev–Trinajstić information content (AvgIpc) is 2.75. The highest BCUT2D eigenvalue weighted by Gasteiger charge is 2.06. The number of nitrogens with one attached hydrogen (secondary N) is 1. The minimum absolute atomic E-state index is 0.782. The lowest BCUT2D eigenvalue weighted by molar-refractivity contribution is 0.587. The number of nitrogens with zero attached hydrogens (tertiary/aromatic N) is 1. The van der Waals surface area contributed by atoms with E-state index < -0.39 is 0 Å². The van der Waals surface area contributed by atoms with Gasteiger partial charge in [-0.1, -0.05) is 13.8 Å². The highest BCUT2D eigenvalue weighted by atomic mass is 32.1. The van der Waals surface area contributed by atoms with Crippen LogP contribution in [0.25, 0.3) is 0 Å². The molecule has 1 aromatic rings. The topological polar surface area (TPSA) is 24.4 Å². The van der Waals surface area contributed by atoms with Gasteiger partial charge in [0, 0.05) is 13.0 Å². The summed E-state index contributed by atoms with van der Waals surface area (Å²) in [4.78, 5) is 4.69. The van der Waals surface area contributed by atoms with E-state index in [9.17, 15) is 0 Å². The molecule has 0 aromatic carbocycles. The number of hydrogen-bond donors (Lipinski definition) is 1. The minimum Gasteiger partial charge on any atom is -0.373 e. The molecule has 2 nitrogen and oxygen atoms in total. The Morgan fingerprint density at radius 3 is 3.00 bits per heavy atom. The predicted molar refractivity (Wildman–Crippen MR) is 76.4 cm³/mol. The van der Waals surface area contributed by atoms with Crippen molar-refractivity contribution in [2.45, 2.75) is 46.0 Å². The molecule has 3 heteroatoms. The molecule has 17 heavy (non-hydrogen) atoms. The second-order valence-corrected chi connectivity index (χ2v) is 6.06. The van der Waals surface area contributed by atoms with Crippen LogP contribution in [-0.2, 0) is 6.42 Å². The van der Waals surface area contributed by atoms with Crippen molar-refractivity contribution in [3.05, 3.63) is 17.0 Å². The third kappa shape index (κ3) is 4.15. The summed E-state index contributed by atoms with van der Waals surface area (Å²) in [6, 6.07) is 2.25. The lowest BCUT2D eigenvalue weighted by atomic mass is 10.1. The highest BCUT2D eigenvalue weighted by Crippen LogP contribution is 2.26. The van der Waals surface area contributed by atoms with Crippen molar-refractivity contribution in [1.82, 2.24) is 5.32 Å². The van der Waals surface area contributed by atoms with Gasteiger partial charge in [-0.2, -0.15) is 0 Å². The molecule has 1 aromatic heterocycles. The first-order valence-corrected chi connectivity index (χ1v) is 7.51. The van der Waals surface area contributed by atoms with Crippen molar-refractivity contribution < 1.29 is 0 Å². The number of thiophene rings is 1. The average molecular weight is 250 g/mol. The van der Waals surface area contributed by atoms with Crippen molar-refractivity contribution in [3.8, 4) is 0 Å². The molecular weight excluding hydrogens is 228 g/mol. The minimum atomic E-state index is 0.782. The normalized spacial score (nSPS) is 18.6. The first-order valence-electron chi connectivity index (χ1n) is 6.63. The van der Waals surface area contributed by atoms with Crippen LogP contribution in [0.4, 0.5) is 5.00 Å². The fraction of sp³-hybridized carbons (Fsp3) is 0.643. The molecule has 0 aliphatic carbocycles. The summed E-state index contributed by atoms with van der Waals surface area (Å²) in [5, 5.41) is 6.80. The van der Waals surface area contributed by atoms with Gasteiger partial charge in [0.05, 0.1) is 0 Å². The Balaban J connectivity index is 1.93. The van der Waals surface area contributed by atoms with Crippen LogP contribution in [0.2, 0.25) is 0 Å². The van der Waals surface area contributed by atoms with Crippen LogP contribution in [-0.4, -0.2) is 12.4 Å². The summed E-state index contributed by atoms with van der Waals surface area (Å²) >= 11 is 1.77. The fourth-order valence-electron chi connectivity index (χ4n) is 1.97. The molecule has 0 bridgehead atoms. The van der Waals surface area contributed by atoms with E-state index in [0.717, 1.165) is 23.9 Å². The summed E-state index contributed by atoms with van der Waals surface area (Å²) < 4.78 is 0. The number of piperidine rings is 1. The Bertz CT molecular complexity index is 371. The van der Waals surface area contributed by atoms with Gasteiger partial charge in [-0.25, -0.2) is 4.99 Å². The first kappa shape index (κ1) is 12.6. The van der Waals surface area contributed by atoms with E-state index >= 15 is 0 Å². The third-order valence-electron chi connectivity index (χ3n) is 3.06. The maximum atomic E-state index is 4.69. The first-order chi connectivity index (χ1) is 8.24. The third-order valence-corrected chi connectivity index (χ3v) is 3.94. The Labute approximate surface area is 108 Å². The predicted octanol–water partition coefficient (Wildman–Crippen LogP) is 4.14. The van der Waals surface area contributed by atoms with Gasteiger partial charge in [0.1, 0.15) is 10.8 Å². The quantitative estimate of drug-likeness (QED) is 0.853. The van der Waals surface area contributed by atoms with Crippen molar-refractivity contribution >= 4 is 22.2 Å². The SMILES string of the molecule is CC(C)CCc1csc(N=C2CCCCN2)c1. The van der Waals surface area contributed by atoms with Crippen molar-refractivity contribution in [2.24, 2.45) is 10.9 Å². The van der Waals surface area contributed by atoms with Crippen molar-refractivity contribution in [1.29, 1.82) is 0 Å². The maximum Gasteiger partial charge on any atom is 0.118 e. The van der Waals surface area contributed by atoms with Crippen LogP contribution in [0.15, 0.2) is 16.4 Å². The van der Waals surface area contributed by atoms with Gasteiger partial charge in [0.2, 0.25) is 0 Å². The molecule has 1 aliphatic heterocycles.